The molecule has 1 aliphatic rings. The van der Waals surface area contributed by atoms with Gasteiger partial charge in [-0.05, 0) is 36.8 Å². The first-order valence-corrected chi connectivity index (χ1v) is 9.15. The second-order valence-corrected chi connectivity index (χ2v) is 8.02. The molecule has 1 amide bonds. The Bertz CT molecular complexity index is 963. The van der Waals surface area contributed by atoms with E-state index in [1.54, 1.807) is 0 Å². The molecule has 5 heteroatoms. The number of anilines is 1. The zero-order chi connectivity index (χ0) is 16.8. The van der Waals surface area contributed by atoms with Crippen LogP contribution in [0.2, 0.25) is 5.02 Å². The number of thioether (sulfide) groups is 1. The van der Waals surface area contributed by atoms with Crippen LogP contribution in [0.25, 0.3) is 10.9 Å². The third-order valence-electron chi connectivity index (χ3n) is 4.40. The van der Waals surface area contributed by atoms with E-state index in [-0.39, 0.29) is 5.91 Å². The van der Waals surface area contributed by atoms with Crippen LogP contribution in [0.4, 0.5) is 5.69 Å². The van der Waals surface area contributed by atoms with Crippen molar-refractivity contribution < 1.29 is 4.79 Å². The van der Waals surface area contributed by atoms with Crippen LogP contribution >= 0.6 is 23.4 Å². The fourth-order valence-corrected chi connectivity index (χ4v) is 4.53. The second kappa shape index (κ2) is 5.87. The van der Waals surface area contributed by atoms with Gasteiger partial charge in [-0.15, -0.1) is 11.8 Å². The summed E-state index contributed by atoms with van der Waals surface area (Å²) in [7, 11) is 0. The zero-order valence-electron chi connectivity index (χ0n) is 13.5. The average Bonchev–Trinajstić information content (AvgIpc) is 2.92. The van der Waals surface area contributed by atoms with Crippen molar-refractivity contribution in [1.82, 2.24) is 4.57 Å². The molecule has 4 rings (SSSR count). The minimum atomic E-state index is -0.0957. The third-order valence-corrected chi connectivity index (χ3v) is 5.94. The molecular weight excluding hydrogens is 340 g/mol. The largest absolute Gasteiger partial charge is 0.334 e. The number of benzene rings is 2. The first-order valence-electron chi connectivity index (χ1n) is 7.90. The minimum absolute atomic E-state index is 0.0957. The molecule has 1 atom stereocenters. The van der Waals surface area contributed by atoms with Gasteiger partial charge in [0.1, 0.15) is 5.69 Å². The first kappa shape index (κ1) is 15.6. The third kappa shape index (κ3) is 2.50. The highest BCUT2D eigenvalue weighted by atomic mass is 35.5. The molecule has 122 valence electrons. The molecule has 0 aliphatic carbocycles. The van der Waals surface area contributed by atoms with E-state index in [9.17, 15) is 4.79 Å². The van der Waals surface area contributed by atoms with Gasteiger partial charge in [0.2, 0.25) is 0 Å². The summed E-state index contributed by atoms with van der Waals surface area (Å²) in [6, 6.07) is 13.8. The van der Waals surface area contributed by atoms with Crippen molar-refractivity contribution in [2.24, 2.45) is 0 Å². The van der Waals surface area contributed by atoms with Gasteiger partial charge in [0.05, 0.1) is 5.52 Å². The minimum Gasteiger partial charge on any atom is -0.334 e. The van der Waals surface area contributed by atoms with E-state index in [0.29, 0.717) is 16.0 Å². The average molecular weight is 357 g/mol. The smallest absolute Gasteiger partial charge is 0.272 e. The highest BCUT2D eigenvalue weighted by molar-refractivity contribution is 8.00. The first-order chi connectivity index (χ1) is 11.5. The predicted molar refractivity (Wildman–Crippen MR) is 101 cm³/mol. The molecule has 0 bridgehead atoms. The number of carbonyl (C=O) groups excluding carboxylic acids is 1. The number of nitrogens with one attached hydrogen (secondary N) is 1. The predicted octanol–water partition coefficient (Wildman–Crippen LogP) is 5.35. The van der Waals surface area contributed by atoms with E-state index in [0.717, 1.165) is 28.7 Å². The van der Waals surface area contributed by atoms with Crippen molar-refractivity contribution in [2.45, 2.75) is 30.5 Å². The number of hydrogen-bond donors (Lipinski definition) is 1. The van der Waals surface area contributed by atoms with Crippen molar-refractivity contribution in [3.05, 3.63) is 58.7 Å². The van der Waals surface area contributed by atoms with E-state index in [1.807, 2.05) is 43.0 Å². The Morgan fingerprint density at radius 2 is 2.08 bits per heavy atom. The molecule has 3 nitrogen and oxygen atoms in total. The number of amides is 1. The fourth-order valence-electron chi connectivity index (χ4n) is 3.20. The summed E-state index contributed by atoms with van der Waals surface area (Å²) < 4.78 is 2.14. The van der Waals surface area contributed by atoms with Crippen molar-refractivity contribution in [1.29, 1.82) is 0 Å². The fraction of sp³-hybridized carbons (Fsp3) is 0.211. The van der Waals surface area contributed by atoms with Gasteiger partial charge in [-0.25, -0.2) is 0 Å². The molecule has 1 aromatic heterocycles. The lowest BCUT2D eigenvalue weighted by Gasteiger charge is -2.22. The van der Waals surface area contributed by atoms with E-state index < -0.39 is 0 Å². The van der Waals surface area contributed by atoms with Crippen LogP contribution in [0.5, 0.6) is 0 Å². The number of carbonyl (C=O) groups is 1. The normalized spacial score (nSPS) is 16.4. The molecule has 3 aromatic rings. The van der Waals surface area contributed by atoms with Gasteiger partial charge in [0.25, 0.3) is 5.91 Å². The van der Waals surface area contributed by atoms with Gasteiger partial charge >= 0.3 is 0 Å². The van der Waals surface area contributed by atoms with Crippen molar-refractivity contribution in [3.63, 3.8) is 0 Å². The van der Waals surface area contributed by atoms with Gasteiger partial charge in [0, 0.05) is 32.8 Å². The molecule has 24 heavy (non-hydrogen) atoms. The summed E-state index contributed by atoms with van der Waals surface area (Å²) in [4.78, 5) is 14.1. The van der Waals surface area contributed by atoms with Crippen molar-refractivity contribution in [2.75, 3.05) is 5.32 Å². The van der Waals surface area contributed by atoms with Crippen molar-refractivity contribution in [3.8, 4) is 0 Å². The summed E-state index contributed by atoms with van der Waals surface area (Å²) >= 11 is 8.02. The molecule has 2 heterocycles. The lowest BCUT2D eigenvalue weighted by atomic mass is 10.2. The monoisotopic (exact) mass is 356 g/mol. The van der Waals surface area contributed by atoms with Crippen LogP contribution in [0.3, 0.4) is 0 Å². The summed E-state index contributed by atoms with van der Waals surface area (Å²) in [5.41, 5.74) is 3.49. The van der Waals surface area contributed by atoms with Crippen LogP contribution < -0.4 is 5.32 Å². The van der Waals surface area contributed by atoms with E-state index in [2.05, 4.69) is 35.0 Å². The molecule has 0 radical (unpaired) electrons. The Labute approximate surface area is 150 Å². The molecule has 0 spiro atoms. The Balaban J connectivity index is 1.77. The van der Waals surface area contributed by atoms with Gasteiger partial charge in [-0.3, -0.25) is 4.79 Å². The van der Waals surface area contributed by atoms with Gasteiger partial charge in [-0.2, -0.15) is 0 Å². The quantitative estimate of drug-likeness (QED) is 0.671. The molecule has 0 saturated carbocycles. The second-order valence-electron chi connectivity index (χ2n) is 6.13. The lowest BCUT2D eigenvalue weighted by molar-refractivity contribution is 0.101. The van der Waals surface area contributed by atoms with Crippen LogP contribution in [-0.2, 0) is 6.54 Å². The Morgan fingerprint density at radius 1 is 1.29 bits per heavy atom. The lowest BCUT2D eigenvalue weighted by Crippen LogP contribution is -2.22. The Hall–Kier alpha value is -1.91. The molecule has 1 aliphatic heterocycles. The summed E-state index contributed by atoms with van der Waals surface area (Å²) in [6.07, 6.45) is 0. The molecule has 2 aromatic carbocycles. The summed E-state index contributed by atoms with van der Waals surface area (Å²) in [5.74, 6) is -0.0957. The van der Waals surface area contributed by atoms with Crippen LogP contribution in [-0.4, -0.2) is 15.7 Å². The molecule has 1 N–H and O–H groups in total. The number of nitrogens with zero attached hydrogens (tertiary/aromatic N) is 1. The highest BCUT2D eigenvalue weighted by Gasteiger charge is 2.24. The molecule has 0 unspecified atom stereocenters. The standard InChI is InChI=1S/C19H17ClN2OS/c1-11-10-22-16(9-13-5-3-8-17(24-11)18(13)22)19(23)21-15-7-4-6-14(20)12(15)2/h3-9,11H,10H2,1-2H3,(H,21,23)/t11-/m1/s1. The van der Waals surface area contributed by atoms with E-state index in [1.165, 1.54) is 4.90 Å². The Morgan fingerprint density at radius 3 is 2.92 bits per heavy atom. The maximum absolute atomic E-state index is 12.9. The SMILES string of the molecule is Cc1c(Cl)cccc1NC(=O)c1cc2cccc3c2n1C[C@@H](C)S3. The van der Waals surface area contributed by atoms with Gasteiger partial charge in [0.15, 0.2) is 0 Å². The summed E-state index contributed by atoms with van der Waals surface area (Å²) in [5, 5.41) is 5.22. The Kier molecular flexibility index (Phi) is 3.82. The number of rotatable bonds is 2. The van der Waals surface area contributed by atoms with Crippen molar-refractivity contribution >= 4 is 45.9 Å². The number of halogens is 1. The van der Waals surface area contributed by atoms with E-state index in [4.69, 9.17) is 11.6 Å². The summed E-state index contributed by atoms with van der Waals surface area (Å²) in [6.45, 7) is 4.94. The maximum Gasteiger partial charge on any atom is 0.272 e. The van der Waals surface area contributed by atoms with Crippen LogP contribution in [0.1, 0.15) is 23.0 Å². The van der Waals surface area contributed by atoms with Gasteiger partial charge in [-0.1, -0.05) is 36.7 Å². The number of aromatic nitrogens is 1. The van der Waals surface area contributed by atoms with Crippen LogP contribution in [0.15, 0.2) is 47.4 Å². The van der Waals surface area contributed by atoms with Gasteiger partial charge < -0.3 is 9.88 Å². The van der Waals surface area contributed by atoms with Crippen LogP contribution in [0, 0.1) is 6.92 Å². The zero-order valence-corrected chi connectivity index (χ0v) is 15.0. The van der Waals surface area contributed by atoms with E-state index >= 15 is 0 Å². The number of hydrogen-bond acceptors (Lipinski definition) is 2. The molecular formula is C19H17ClN2OS. The maximum atomic E-state index is 12.9. The highest BCUT2D eigenvalue weighted by Crippen LogP contribution is 2.38. The number of para-hydroxylation sites is 1. The molecule has 0 saturated heterocycles. The topological polar surface area (TPSA) is 34.0 Å². The molecule has 0 fully saturated rings.